The second-order valence-electron chi connectivity index (χ2n) is 6.80. The van der Waals surface area contributed by atoms with Gasteiger partial charge in [0, 0.05) is 10.8 Å². The molecule has 0 spiro atoms. The molecule has 3 rings (SSSR count). The quantitative estimate of drug-likeness (QED) is 0.779. The first-order valence-corrected chi connectivity index (χ1v) is 6.70. The van der Waals surface area contributed by atoms with Crippen molar-refractivity contribution >= 4 is 0 Å². The number of hydrogen-bond acceptors (Lipinski definition) is 1. The average Bonchev–Trinajstić information content (AvgIpc) is 2.78. The number of aliphatic hydroxyl groups is 1. The van der Waals surface area contributed by atoms with Crippen LogP contribution in [0.15, 0.2) is 30.3 Å². The lowest BCUT2D eigenvalue weighted by molar-refractivity contribution is -0.150. The van der Waals surface area contributed by atoms with Crippen LogP contribution in [0.5, 0.6) is 0 Å². The third kappa shape index (κ3) is 1.14. The molecule has 1 nitrogen and oxygen atoms in total. The monoisotopic (exact) mass is 230 g/mol. The van der Waals surface area contributed by atoms with Crippen LogP contribution in [0.2, 0.25) is 0 Å². The Morgan fingerprint density at radius 1 is 1.12 bits per heavy atom. The molecule has 0 heterocycles. The zero-order valence-electron chi connectivity index (χ0n) is 11.0. The fourth-order valence-corrected chi connectivity index (χ4v) is 4.66. The molecule has 2 bridgehead atoms. The van der Waals surface area contributed by atoms with Gasteiger partial charge in [-0.1, -0.05) is 51.1 Å². The van der Waals surface area contributed by atoms with Gasteiger partial charge in [0.1, 0.15) is 5.60 Å². The summed E-state index contributed by atoms with van der Waals surface area (Å²) < 4.78 is 0. The number of benzene rings is 1. The third-order valence-electron chi connectivity index (χ3n) is 5.76. The molecule has 1 heteroatoms. The minimum Gasteiger partial charge on any atom is -0.384 e. The Kier molecular flexibility index (Phi) is 2.08. The highest BCUT2D eigenvalue weighted by Crippen LogP contribution is 2.71. The van der Waals surface area contributed by atoms with E-state index in [1.165, 1.54) is 12.8 Å². The molecule has 0 aliphatic heterocycles. The highest BCUT2D eigenvalue weighted by molar-refractivity contribution is 5.33. The summed E-state index contributed by atoms with van der Waals surface area (Å²) in [6.45, 7) is 6.76. The summed E-state index contributed by atoms with van der Waals surface area (Å²) in [6, 6.07) is 10.3. The summed E-state index contributed by atoms with van der Waals surface area (Å²) in [4.78, 5) is 0. The minimum atomic E-state index is -0.663. The van der Waals surface area contributed by atoms with Crippen LogP contribution in [0.25, 0.3) is 0 Å². The smallest absolute Gasteiger partial charge is 0.100 e. The molecule has 2 aliphatic rings. The molecule has 1 N–H and O–H groups in total. The first kappa shape index (κ1) is 11.3. The molecular formula is C16H22O. The standard InChI is InChI=1S/C16H22O/c1-14(2)13-9-10-15(3,11-13)16(14,17)12-7-5-4-6-8-12/h4-8,13,17H,9-11H2,1-3H3. The molecule has 2 fully saturated rings. The molecule has 0 radical (unpaired) electrons. The van der Waals surface area contributed by atoms with E-state index in [0.717, 1.165) is 12.0 Å². The topological polar surface area (TPSA) is 20.2 Å². The van der Waals surface area contributed by atoms with Crippen molar-refractivity contribution < 1.29 is 5.11 Å². The second-order valence-corrected chi connectivity index (χ2v) is 6.80. The van der Waals surface area contributed by atoms with Gasteiger partial charge in [-0.2, -0.15) is 0 Å². The summed E-state index contributed by atoms with van der Waals surface area (Å²) in [7, 11) is 0. The first-order valence-electron chi connectivity index (χ1n) is 6.70. The molecule has 17 heavy (non-hydrogen) atoms. The largest absolute Gasteiger partial charge is 0.384 e. The van der Waals surface area contributed by atoms with Crippen LogP contribution < -0.4 is 0 Å². The summed E-state index contributed by atoms with van der Waals surface area (Å²) >= 11 is 0. The average molecular weight is 230 g/mol. The van der Waals surface area contributed by atoms with E-state index >= 15 is 0 Å². The van der Waals surface area contributed by atoms with Gasteiger partial charge in [0.2, 0.25) is 0 Å². The van der Waals surface area contributed by atoms with E-state index in [9.17, 15) is 5.11 Å². The minimum absolute atomic E-state index is 0.0125. The zero-order chi connectivity index (χ0) is 12.3. The van der Waals surface area contributed by atoms with E-state index in [-0.39, 0.29) is 10.8 Å². The molecule has 0 saturated heterocycles. The lowest BCUT2D eigenvalue weighted by Gasteiger charge is -2.51. The van der Waals surface area contributed by atoms with E-state index in [4.69, 9.17) is 0 Å². The Morgan fingerprint density at radius 3 is 2.29 bits per heavy atom. The van der Waals surface area contributed by atoms with Crippen LogP contribution in [0.4, 0.5) is 0 Å². The van der Waals surface area contributed by atoms with Crippen LogP contribution >= 0.6 is 0 Å². The fraction of sp³-hybridized carbons (Fsp3) is 0.625. The van der Waals surface area contributed by atoms with Crippen molar-refractivity contribution in [1.29, 1.82) is 0 Å². The summed E-state index contributed by atoms with van der Waals surface area (Å²) in [5, 5.41) is 11.4. The molecule has 92 valence electrons. The van der Waals surface area contributed by atoms with Gasteiger partial charge in [-0.25, -0.2) is 0 Å². The number of fused-ring (bicyclic) bond motifs is 2. The van der Waals surface area contributed by atoms with E-state index in [0.29, 0.717) is 5.92 Å². The molecule has 3 unspecified atom stereocenters. The molecule has 3 atom stereocenters. The maximum absolute atomic E-state index is 11.4. The van der Waals surface area contributed by atoms with E-state index in [1.807, 2.05) is 18.2 Å². The number of hydrogen-bond donors (Lipinski definition) is 1. The predicted molar refractivity (Wildman–Crippen MR) is 69.6 cm³/mol. The molecule has 1 aromatic rings. The Balaban J connectivity index is 2.18. The van der Waals surface area contributed by atoms with Crippen LogP contribution in [-0.2, 0) is 5.60 Å². The summed E-state index contributed by atoms with van der Waals surface area (Å²) in [6.07, 6.45) is 3.61. The molecule has 2 saturated carbocycles. The summed E-state index contributed by atoms with van der Waals surface area (Å²) in [5.74, 6) is 0.665. The lowest BCUT2D eigenvalue weighted by atomic mass is 9.58. The first-order chi connectivity index (χ1) is 7.92. The second kappa shape index (κ2) is 3.14. The Bertz CT molecular complexity index is 429. The van der Waals surface area contributed by atoms with E-state index in [1.54, 1.807) is 0 Å². The third-order valence-corrected chi connectivity index (χ3v) is 5.76. The van der Waals surface area contributed by atoms with Crippen molar-refractivity contribution in [3.05, 3.63) is 35.9 Å². The Hall–Kier alpha value is -0.820. The normalized spacial score (nSPS) is 42.9. The van der Waals surface area contributed by atoms with Gasteiger partial charge in [-0.05, 0) is 30.7 Å². The van der Waals surface area contributed by atoms with Crippen molar-refractivity contribution in [1.82, 2.24) is 0 Å². The molecule has 2 aliphatic carbocycles. The van der Waals surface area contributed by atoms with Crippen molar-refractivity contribution in [3.8, 4) is 0 Å². The van der Waals surface area contributed by atoms with E-state index < -0.39 is 5.60 Å². The van der Waals surface area contributed by atoms with Crippen molar-refractivity contribution in [2.45, 2.75) is 45.6 Å². The predicted octanol–water partition coefficient (Wildman–Crippen LogP) is 3.72. The van der Waals surface area contributed by atoms with Gasteiger partial charge in [0.15, 0.2) is 0 Å². The van der Waals surface area contributed by atoms with Gasteiger partial charge >= 0.3 is 0 Å². The fourth-order valence-electron chi connectivity index (χ4n) is 4.66. The molecule has 0 aromatic heterocycles. The van der Waals surface area contributed by atoms with Crippen LogP contribution in [0, 0.1) is 16.7 Å². The SMILES string of the molecule is CC12CCC(C1)C(C)(C)C2(O)c1ccccc1. The highest BCUT2D eigenvalue weighted by Gasteiger charge is 2.68. The van der Waals surface area contributed by atoms with Crippen LogP contribution in [0.1, 0.15) is 45.6 Å². The van der Waals surface area contributed by atoms with E-state index in [2.05, 4.69) is 32.9 Å². The van der Waals surface area contributed by atoms with Crippen LogP contribution in [-0.4, -0.2) is 5.11 Å². The maximum Gasteiger partial charge on any atom is 0.100 e. The van der Waals surface area contributed by atoms with Gasteiger partial charge < -0.3 is 5.11 Å². The number of rotatable bonds is 1. The maximum atomic E-state index is 11.4. The van der Waals surface area contributed by atoms with Crippen molar-refractivity contribution in [2.75, 3.05) is 0 Å². The Labute approximate surface area is 104 Å². The Morgan fingerprint density at radius 2 is 1.76 bits per heavy atom. The van der Waals surface area contributed by atoms with Gasteiger partial charge in [-0.15, -0.1) is 0 Å². The molecule has 1 aromatic carbocycles. The van der Waals surface area contributed by atoms with Crippen LogP contribution in [0.3, 0.4) is 0 Å². The zero-order valence-corrected chi connectivity index (χ0v) is 11.0. The highest BCUT2D eigenvalue weighted by atomic mass is 16.3. The van der Waals surface area contributed by atoms with Crippen molar-refractivity contribution in [3.63, 3.8) is 0 Å². The van der Waals surface area contributed by atoms with Crippen molar-refractivity contribution in [2.24, 2.45) is 16.7 Å². The lowest BCUT2D eigenvalue weighted by Crippen LogP contribution is -2.51. The van der Waals surface area contributed by atoms with Gasteiger partial charge in [0.05, 0.1) is 0 Å². The van der Waals surface area contributed by atoms with Gasteiger partial charge in [-0.3, -0.25) is 0 Å². The molecular weight excluding hydrogens is 208 g/mol. The van der Waals surface area contributed by atoms with Gasteiger partial charge in [0.25, 0.3) is 0 Å². The summed E-state index contributed by atoms with van der Waals surface area (Å²) in [5.41, 5.74) is 0.489. The molecule has 0 amide bonds.